The molecule has 0 atom stereocenters. The highest BCUT2D eigenvalue weighted by Crippen LogP contribution is 2.27. The second-order valence-electron chi connectivity index (χ2n) is 3.31. The van der Waals surface area contributed by atoms with Crippen molar-refractivity contribution in [3.63, 3.8) is 0 Å². The average molecular weight is 216 g/mol. The molecular formula is C10H11Cl2N. The van der Waals surface area contributed by atoms with Crippen molar-refractivity contribution in [2.75, 3.05) is 6.54 Å². The molecule has 0 unspecified atom stereocenters. The Balaban J connectivity index is 2.47. The lowest BCUT2D eigenvalue weighted by Crippen LogP contribution is -2.12. The largest absolute Gasteiger partial charge is 0.313 e. The molecule has 0 saturated carbocycles. The zero-order chi connectivity index (χ0) is 9.26. The lowest BCUT2D eigenvalue weighted by Gasteiger charge is -2.08. The number of fused-ring (bicyclic) bond motifs is 1. The van der Waals surface area contributed by atoms with E-state index in [1.165, 1.54) is 11.1 Å². The number of nitrogens with one attached hydrogen (secondary N) is 1. The quantitative estimate of drug-likeness (QED) is 0.702. The Hall–Kier alpha value is -0.240. The minimum absolute atomic E-state index is 0.741. The van der Waals surface area contributed by atoms with Crippen LogP contribution >= 0.6 is 23.2 Å². The summed E-state index contributed by atoms with van der Waals surface area (Å²) in [6, 6.07) is 3.84. The number of rotatable bonds is 0. The number of halogens is 2. The molecule has 1 aromatic rings. The van der Waals surface area contributed by atoms with Gasteiger partial charge in [0.2, 0.25) is 0 Å². The monoisotopic (exact) mass is 215 g/mol. The molecule has 1 nitrogen and oxygen atoms in total. The van der Waals surface area contributed by atoms with Gasteiger partial charge in [-0.3, -0.25) is 0 Å². The van der Waals surface area contributed by atoms with E-state index < -0.39 is 0 Å². The van der Waals surface area contributed by atoms with Gasteiger partial charge in [-0.1, -0.05) is 23.2 Å². The van der Waals surface area contributed by atoms with Crippen molar-refractivity contribution >= 4 is 23.2 Å². The Morgan fingerprint density at radius 2 is 2.08 bits per heavy atom. The predicted molar refractivity (Wildman–Crippen MR) is 56.5 cm³/mol. The second kappa shape index (κ2) is 3.87. The molecule has 0 aliphatic carbocycles. The highest BCUT2D eigenvalue weighted by molar-refractivity contribution is 6.35. The van der Waals surface area contributed by atoms with Crippen molar-refractivity contribution in [3.05, 3.63) is 33.3 Å². The number of hydrogen-bond acceptors (Lipinski definition) is 1. The second-order valence-corrected chi connectivity index (χ2v) is 4.15. The van der Waals surface area contributed by atoms with Crippen LogP contribution in [0.25, 0.3) is 0 Å². The minimum Gasteiger partial charge on any atom is -0.313 e. The van der Waals surface area contributed by atoms with E-state index in [2.05, 4.69) is 5.32 Å². The van der Waals surface area contributed by atoms with E-state index in [-0.39, 0.29) is 0 Å². The molecule has 0 amide bonds. The van der Waals surface area contributed by atoms with Gasteiger partial charge in [-0.05, 0) is 42.6 Å². The molecule has 1 heterocycles. The summed E-state index contributed by atoms with van der Waals surface area (Å²) >= 11 is 12.0. The first-order valence-corrected chi connectivity index (χ1v) is 5.20. The maximum absolute atomic E-state index is 6.10. The van der Waals surface area contributed by atoms with E-state index in [1.807, 2.05) is 12.1 Å². The van der Waals surface area contributed by atoms with Crippen LogP contribution < -0.4 is 5.32 Å². The van der Waals surface area contributed by atoms with Gasteiger partial charge in [0, 0.05) is 16.6 Å². The summed E-state index contributed by atoms with van der Waals surface area (Å²) in [4.78, 5) is 0. The SMILES string of the molecule is Clc1cc(Cl)c2c(c1)CCCNC2. The van der Waals surface area contributed by atoms with Crippen LogP contribution in [0.2, 0.25) is 10.0 Å². The molecule has 1 N–H and O–H groups in total. The maximum atomic E-state index is 6.10. The molecule has 1 aromatic carbocycles. The molecule has 3 heteroatoms. The van der Waals surface area contributed by atoms with Crippen molar-refractivity contribution < 1.29 is 0 Å². The first-order valence-electron chi connectivity index (χ1n) is 4.45. The lowest BCUT2D eigenvalue weighted by atomic mass is 10.0. The van der Waals surface area contributed by atoms with Crippen LogP contribution in [0.3, 0.4) is 0 Å². The van der Waals surface area contributed by atoms with E-state index in [9.17, 15) is 0 Å². The van der Waals surface area contributed by atoms with Crippen LogP contribution in [-0.4, -0.2) is 6.54 Å². The van der Waals surface area contributed by atoms with Crippen molar-refractivity contribution in [2.45, 2.75) is 19.4 Å². The van der Waals surface area contributed by atoms with Crippen molar-refractivity contribution in [1.82, 2.24) is 5.32 Å². The van der Waals surface area contributed by atoms with Crippen molar-refractivity contribution in [1.29, 1.82) is 0 Å². The Labute approximate surface area is 88.0 Å². The summed E-state index contributed by atoms with van der Waals surface area (Å²) in [7, 11) is 0. The van der Waals surface area contributed by atoms with Gasteiger partial charge in [-0.15, -0.1) is 0 Å². The van der Waals surface area contributed by atoms with Crippen LogP contribution in [0, 0.1) is 0 Å². The van der Waals surface area contributed by atoms with Gasteiger partial charge in [-0.25, -0.2) is 0 Å². The predicted octanol–water partition coefficient (Wildman–Crippen LogP) is 3.03. The molecule has 0 saturated heterocycles. The van der Waals surface area contributed by atoms with E-state index in [4.69, 9.17) is 23.2 Å². The number of aryl methyl sites for hydroxylation is 1. The highest BCUT2D eigenvalue weighted by Gasteiger charge is 2.11. The van der Waals surface area contributed by atoms with Gasteiger partial charge in [0.1, 0.15) is 0 Å². The minimum atomic E-state index is 0.741. The van der Waals surface area contributed by atoms with E-state index in [1.54, 1.807) is 0 Å². The van der Waals surface area contributed by atoms with Crippen LogP contribution in [0.5, 0.6) is 0 Å². The van der Waals surface area contributed by atoms with Gasteiger partial charge < -0.3 is 5.32 Å². The molecule has 1 aliphatic rings. The van der Waals surface area contributed by atoms with Gasteiger partial charge in [-0.2, -0.15) is 0 Å². The summed E-state index contributed by atoms with van der Waals surface area (Å²) in [5, 5.41) is 4.87. The maximum Gasteiger partial charge on any atom is 0.0468 e. The van der Waals surface area contributed by atoms with Gasteiger partial charge in [0.15, 0.2) is 0 Å². The normalized spacial score (nSPS) is 16.5. The van der Waals surface area contributed by atoms with Gasteiger partial charge in [0.05, 0.1) is 0 Å². The molecule has 0 spiro atoms. The Morgan fingerprint density at radius 3 is 2.92 bits per heavy atom. The smallest absolute Gasteiger partial charge is 0.0468 e. The van der Waals surface area contributed by atoms with E-state index >= 15 is 0 Å². The fourth-order valence-corrected chi connectivity index (χ4v) is 2.30. The van der Waals surface area contributed by atoms with E-state index in [0.29, 0.717) is 0 Å². The Kier molecular flexibility index (Phi) is 2.77. The van der Waals surface area contributed by atoms with Gasteiger partial charge >= 0.3 is 0 Å². The third kappa shape index (κ3) is 1.98. The third-order valence-electron chi connectivity index (χ3n) is 2.35. The molecule has 0 bridgehead atoms. The highest BCUT2D eigenvalue weighted by atomic mass is 35.5. The molecule has 0 radical (unpaired) electrons. The van der Waals surface area contributed by atoms with Crippen LogP contribution in [0.1, 0.15) is 17.5 Å². The van der Waals surface area contributed by atoms with Crippen molar-refractivity contribution in [3.8, 4) is 0 Å². The molecule has 0 fully saturated rings. The average Bonchev–Trinajstić information content (AvgIpc) is 2.28. The molecular weight excluding hydrogens is 205 g/mol. The zero-order valence-electron chi connectivity index (χ0n) is 7.24. The lowest BCUT2D eigenvalue weighted by molar-refractivity contribution is 0.681. The summed E-state index contributed by atoms with van der Waals surface area (Å²) in [5.41, 5.74) is 2.51. The fourth-order valence-electron chi connectivity index (χ4n) is 1.70. The first-order chi connectivity index (χ1) is 6.27. The first kappa shape index (κ1) is 9.32. The topological polar surface area (TPSA) is 12.0 Å². The molecule has 1 aliphatic heterocycles. The Morgan fingerprint density at radius 1 is 1.23 bits per heavy atom. The summed E-state index contributed by atoms with van der Waals surface area (Å²) in [6.07, 6.45) is 2.23. The fraction of sp³-hybridized carbons (Fsp3) is 0.400. The van der Waals surface area contributed by atoms with Crippen LogP contribution in [0.4, 0.5) is 0 Å². The number of benzene rings is 1. The van der Waals surface area contributed by atoms with Crippen molar-refractivity contribution in [2.24, 2.45) is 0 Å². The Bertz CT molecular complexity index is 323. The molecule has 13 heavy (non-hydrogen) atoms. The molecule has 2 rings (SSSR count). The molecule has 0 aromatic heterocycles. The van der Waals surface area contributed by atoms with E-state index in [0.717, 1.165) is 36.0 Å². The summed E-state index contributed by atoms with van der Waals surface area (Å²) in [5.74, 6) is 0. The van der Waals surface area contributed by atoms with Crippen LogP contribution in [0.15, 0.2) is 12.1 Å². The summed E-state index contributed by atoms with van der Waals surface area (Å²) in [6.45, 7) is 1.92. The third-order valence-corrected chi connectivity index (χ3v) is 2.91. The number of hydrogen-bond donors (Lipinski definition) is 1. The molecule has 70 valence electrons. The van der Waals surface area contributed by atoms with Gasteiger partial charge in [0.25, 0.3) is 0 Å². The van der Waals surface area contributed by atoms with Crippen LogP contribution in [-0.2, 0) is 13.0 Å². The zero-order valence-corrected chi connectivity index (χ0v) is 8.75. The summed E-state index contributed by atoms with van der Waals surface area (Å²) < 4.78 is 0. The standard InChI is InChI=1S/C10H11Cl2N/c11-8-4-7-2-1-3-13-6-9(7)10(12)5-8/h4-5,13H,1-3,6H2.